The first-order valence-electron chi connectivity index (χ1n) is 4.88. The van der Waals surface area contributed by atoms with Gasteiger partial charge < -0.3 is 14.3 Å². The molecule has 0 saturated heterocycles. The van der Waals surface area contributed by atoms with Crippen LogP contribution in [-0.4, -0.2) is 14.2 Å². The number of aromatic nitrogens is 1. The first kappa shape index (κ1) is 11.3. The summed E-state index contributed by atoms with van der Waals surface area (Å²) in [6.45, 7) is 1.34. The first-order valence-corrected chi connectivity index (χ1v) is 5.74. The standard InChI is InChI=1S/C11H12N2OS2/c15-11(16)13(7-9-3-1-5-12-9)8-10-4-2-6-14-10/h1-6,12H,7-8H2,(H,15,16). The molecular weight excluding hydrogens is 240 g/mol. The van der Waals surface area contributed by atoms with Gasteiger partial charge in [0.25, 0.3) is 0 Å². The van der Waals surface area contributed by atoms with Crippen molar-refractivity contribution in [3.63, 3.8) is 0 Å². The Morgan fingerprint density at radius 1 is 1.38 bits per heavy atom. The molecule has 0 spiro atoms. The Morgan fingerprint density at radius 2 is 2.25 bits per heavy atom. The molecule has 2 aromatic rings. The zero-order valence-electron chi connectivity index (χ0n) is 8.59. The van der Waals surface area contributed by atoms with Crippen molar-refractivity contribution in [3.8, 4) is 0 Å². The molecule has 0 aliphatic heterocycles. The Balaban J connectivity index is 2.03. The molecule has 0 aliphatic rings. The van der Waals surface area contributed by atoms with Crippen molar-refractivity contribution in [2.24, 2.45) is 0 Å². The Hall–Kier alpha value is -1.20. The highest BCUT2D eigenvalue weighted by Gasteiger charge is 2.10. The summed E-state index contributed by atoms with van der Waals surface area (Å²) in [5.41, 5.74) is 1.10. The van der Waals surface area contributed by atoms with Crippen LogP contribution in [0.25, 0.3) is 0 Å². The first-order chi connectivity index (χ1) is 7.75. The number of furan rings is 1. The van der Waals surface area contributed by atoms with E-state index < -0.39 is 0 Å². The lowest BCUT2D eigenvalue weighted by molar-refractivity contribution is 0.363. The zero-order valence-corrected chi connectivity index (χ0v) is 10.3. The molecule has 2 heterocycles. The number of H-pyrrole nitrogens is 1. The van der Waals surface area contributed by atoms with Crippen molar-refractivity contribution in [1.82, 2.24) is 9.88 Å². The number of hydrogen-bond acceptors (Lipinski definition) is 2. The van der Waals surface area contributed by atoms with Gasteiger partial charge in [-0.05, 0) is 24.3 Å². The Kier molecular flexibility index (Phi) is 3.69. The summed E-state index contributed by atoms with van der Waals surface area (Å²) >= 11 is 9.32. The van der Waals surface area contributed by atoms with E-state index in [1.807, 2.05) is 35.4 Å². The lowest BCUT2D eigenvalue weighted by atomic mass is 10.3. The summed E-state index contributed by atoms with van der Waals surface area (Å²) in [5.74, 6) is 0.878. The summed E-state index contributed by atoms with van der Waals surface area (Å²) in [4.78, 5) is 5.10. The zero-order chi connectivity index (χ0) is 11.4. The van der Waals surface area contributed by atoms with Crippen molar-refractivity contribution >= 4 is 29.2 Å². The van der Waals surface area contributed by atoms with Gasteiger partial charge in [-0.25, -0.2) is 0 Å². The number of nitrogens with one attached hydrogen (secondary N) is 1. The molecule has 1 N–H and O–H groups in total. The van der Waals surface area contributed by atoms with Gasteiger partial charge in [0.2, 0.25) is 0 Å². The molecule has 0 bridgehead atoms. The lowest BCUT2D eigenvalue weighted by Gasteiger charge is -2.20. The maximum atomic E-state index is 5.29. The van der Waals surface area contributed by atoms with Crippen LogP contribution in [0.1, 0.15) is 11.5 Å². The largest absolute Gasteiger partial charge is 0.467 e. The fraction of sp³-hybridized carbons (Fsp3) is 0.182. The molecule has 0 atom stereocenters. The highest BCUT2D eigenvalue weighted by molar-refractivity contribution is 8.10. The molecule has 2 rings (SSSR count). The molecular formula is C11H12N2OS2. The molecule has 3 nitrogen and oxygen atoms in total. The van der Waals surface area contributed by atoms with E-state index in [0.717, 1.165) is 11.5 Å². The van der Waals surface area contributed by atoms with E-state index >= 15 is 0 Å². The number of nitrogens with zero attached hydrogens (tertiary/aromatic N) is 1. The molecule has 0 aliphatic carbocycles. The summed E-state index contributed by atoms with van der Waals surface area (Å²) in [5, 5.41) is 0. The van der Waals surface area contributed by atoms with Crippen LogP contribution in [0, 0.1) is 0 Å². The highest BCUT2D eigenvalue weighted by atomic mass is 32.1. The SMILES string of the molecule is S=C(S)N(Cc1ccc[nH]1)Cc1ccco1. The summed E-state index contributed by atoms with van der Waals surface area (Å²) < 4.78 is 5.85. The van der Waals surface area contributed by atoms with Gasteiger partial charge >= 0.3 is 0 Å². The van der Waals surface area contributed by atoms with E-state index in [0.29, 0.717) is 17.4 Å². The molecule has 0 fully saturated rings. The molecule has 0 amide bonds. The van der Waals surface area contributed by atoms with Gasteiger partial charge in [-0.1, -0.05) is 12.2 Å². The second-order valence-electron chi connectivity index (χ2n) is 3.41. The maximum absolute atomic E-state index is 5.29. The number of aromatic amines is 1. The van der Waals surface area contributed by atoms with Crippen molar-refractivity contribution in [2.45, 2.75) is 13.1 Å². The predicted molar refractivity (Wildman–Crippen MR) is 70.3 cm³/mol. The molecule has 84 valence electrons. The Morgan fingerprint density at radius 3 is 2.81 bits per heavy atom. The van der Waals surface area contributed by atoms with E-state index in [2.05, 4.69) is 17.6 Å². The third-order valence-corrected chi connectivity index (χ3v) is 2.76. The third kappa shape index (κ3) is 2.90. The van der Waals surface area contributed by atoms with Crippen molar-refractivity contribution in [2.75, 3.05) is 0 Å². The minimum absolute atomic E-state index is 0.561. The normalized spacial score (nSPS) is 10.3. The van der Waals surface area contributed by atoms with Gasteiger partial charge in [0.15, 0.2) is 0 Å². The van der Waals surface area contributed by atoms with Gasteiger partial charge in [0, 0.05) is 11.9 Å². The van der Waals surface area contributed by atoms with E-state index in [-0.39, 0.29) is 0 Å². The fourth-order valence-corrected chi connectivity index (χ4v) is 1.72. The summed E-state index contributed by atoms with van der Waals surface area (Å²) in [7, 11) is 0. The van der Waals surface area contributed by atoms with Crippen LogP contribution >= 0.6 is 24.8 Å². The smallest absolute Gasteiger partial charge is 0.134 e. The molecule has 0 radical (unpaired) electrons. The number of rotatable bonds is 4. The van der Waals surface area contributed by atoms with Gasteiger partial charge in [-0.2, -0.15) is 0 Å². The van der Waals surface area contributed by atoms with Crippen LogP contribution in [0.15, 0.2) is 41.1 Å². The van der Waals surface area contributed by atoms with Crippen molar-refractivity contribution < 1.29 is 4.42 Å². The summed E-state index contributed by atoms with van der Waals surface area (Å²) in [6, 6.07) is 7.76. The minimum Gasteiger partial charge on any atom is -0.467 e. The Bertz CT molecular complexity index is 400. The topological polar surface area (TPSA) is 32.2 Å². The van der Waals surface area contributed by atoms with Gasteiger partial charge in [0.05, 0.1) is 19.4 Å². The summed E-state index contributed by atoms with van der Waals surface area (Å²) in [6.07, 6.45) is 3.55. The van der Waals surface area contributed by atoms with E-state index in [4.69, 9.17) is 16.6 Å². The third-order valence-electron chi connectivity index (χ3n) is 2.22. The van der Waals surface area contributed by atoms with Crippen LogP contribution in [0.4, 0.5) is 0 Å². The quantitative estimate of drug-likeness (QED) is 0.648. The monoisotopic (exact) mass is 252 g/mol. The lowest BCUT2D eigenvalue weighted by Crippen LogP contribution is -2.24. The van der Waals surface area contributed by atoms with Crippen molar-refractivity contribution in [1.29, 1.82) is 0 Å². The van der Waals surface area contributed by atoms with E-state index in [9.17, 15) is 0 Å². The number of thiol groups is 1. The average molecular weight is 252 g/mol. The minimum atomic E-state index is 0.561. The van der Waals surface area contributed by atoms with Crippen LogP contribution < -0.4 is 0 Å². The predicted octanol–water partition coefficient (Wildman–Crippen LogP) is 2.82. The number of hydrogen-bond donors (Lipinski definition) is 2. The highest BCUT2D eigenvalue weighted by Crippen LogP contribution is 2.11. The molecule has 0 aromatic carbocycles. The molecule has 0 unspecified atom stereocenters. The maximum Gasteiger partial charge on any atom is 0.134 e. The van der Waals surface area contributed by atoms with Crippen LogP contribution in [0.2, 0.25) is 0 Å². The molecule has 0 saturated carbocycles. The van der Waals surface area contributed by atoms with Gasteiger partial charge in [-0.15, -0.1) is 12.6 Å². The van der Waals surface area contributed by atoms with Crippen LogP contribution in [0.5, 0.6) is 0 Å². The molecule has 5 heteroatoms. The van der Waals surface area contributed by atoms with Gasteiger partial charge in [0.1, 0.15) is 10.1 Å². The number of thiocarbonyl (C=S) groups is 1. The molecule has 16 heavy (non-hydrogen) atoms. The second kappa shape index (κ2) is 5.23. The van der Waals surface area contributed by atoms with E-state index in [1.165, 1.54) is 0 Å². The Labute approximate surface area is 105 Å². The molecule has 2 aromatic heterocycles. The van der Waals surface area contributed by atoms with Crippen molar-refractivity contribution in [3.05, 3.63) is 48.2 Å². The fourth-order valence-electron chi connectivity index (χ4n) is 1.45. The van der Waals surface area contributed by atoms with Gasteiger partial charge in [-0.3, -0.25) is 0 Å². The van der Waals surface area contributed by atoms with Crippen LogP contribution in [-0.2, 0) is 13.1 Å². The van der Waals surface area contributed by atoms with E-state index in [1.54, 1.807) is 6.26 Å². The average Bonchev–Trinajstić information content (AvgIpc) is 2.88. The van der Waals surface area contributed by atoms with Crippen LogP contribution in [0.3, 0.4) is 0 Å². The second-order valence-corrected chi connectivity index (χ2v) is 4.53.